The zero-order valence-electron chi connectivity index (χ0n) is 10.4. The van der Waals surface area contributed by atoms with Crippen LogP contribution in [0.3, 0.4) is 0 Å². The fourth-order valence-electron chi connectivity index (χ4n) is 1.33. The lowest BCUT2D eigenvalue weighted by molar-refractivity contribution is -0.275. The summed E-state index contributed by atoms with van der Waals surface area (Å²) >= 11 is 0. The molecule has 1 aromatic carbocycles. The normalized spacial score (nSPS) is 12.9. The molecular formula is C12H14F3NO3. The number of carbonyl (C=O) groups excluding carboxylic acids is 1. The van der Waals surface area contributed by atoms with Crippen molar-refractivity contribution >= 4 is 5.91 Å². The number of phenols is 1. The molecule has 4 nitrogen and oxygen atoms in total. The Hall–Kier alpha value is -1.92. The number of carbonyl (C=O) groups is 1. The van der Waals surface area contributed by atoms with Crippen molar-refractivity contribution in [2.75, 3.05) is 0 Å². The van der Waals surface area contributed by atoms with Crippen LogP contribution >= 0.6 is 0 Å². The molecule has 1 aromatic rings. The van der Waals surface area contributed by atoms with Crippen LogP contribution in [-0.2, 0) is 0 Å². The molecule has 1 rings (SSSR count). The summed E-state index contributed by atoms with van der Waals surface area (Å²) in [6, 6.07) is 3.23. The Balaban J connectivity index is 3.06. The van der Waals surface area contributed by atoms with Gasteiger partial charge in [-0.1, -0.05) is 13.0 Å². The van der Waals surface area contributed by atoms with Crippen LogP contribution in [0.5, 0.6) is 11.5 Å². The van der Waals surface area contributed by atoms with E-state index in [1.807, 2.05) is 6.92 Å². The van der Waals surface area contributed by atoms with Gasteiger partial charge in [-0.25, -0.2) is 0 Å². The summed E-state index contributed by atoms with van der Waals surface area (Å²) in [6.45, 7) is 3.53. The minimum absolute atomic E-state index is 0.200. The predicted molar refractivity (Wildman–Crippen MR) is 62.0 cm³/mol. The number of amides is 1. The maximum absolute atomic E-state index is 12.2. The Kier molecular flexibility index (Phi) is 4.63. The lowest BCUT2D eigenvalue weighted by Crippen LogP contribution is -2.32. The largest absolute Gasteiger partial charge is 0.573 e. The van der Waals surface area contributed by atoms with Gasteiger partial charge in [0.1, 0.15) is 0 Å². The second-order valence-corrected chi connectivity index (χ2v) is 3.98. The zero-order valence-corrected chi connectivity index (χ0v) is 10.4. The van der Waals surface area contributed by atoms with Gasteiger partial charge in [0.25, 0.3) is 5.91 Å². The fourth-order valence-corrected chi connectivity index (χ4v) is 1.33. The standard InChI is InChI=1S/C12H14F3NO3/c1-3-7(2)16-11(18)8-5-4-6-9(17)10(8)19-12(13,14)15/h4-7,17H,3H2,1-2H3,(H,16,18). The van der Waals surface area contributed by atoms with Gasteiger partial charge in [-0.3, -0.25) is 4.79 Å². The molecule has 0 fully saturated rings. The number of ether oxygens (including phenoxy) is 1. The molecule has 0 heterocycles. The Morgan fingerprint density at radius 2 is 2.11 bits per heavy atom. The van der Waals surface area contributed by atoms with Gasteiger partial charge >= 0.3 is 6.36 Å². The summed E-state index contributed by atoms with van der Waals surface area (Å²) in [6.07, 6.45) is -4.36. The first-order valence-electron chi connectivity index (χ1n) is 5.63. The van der Waals surface area contributed by atoms with E-state index in [-0.39, 0.29) is 11.6 Å². The molecule has 0 saturated carbocycles. The number of rotatable bonds is 4. The Morgan fingerprint density at radius 1 is 1.47 bits per heavy atom. The van der Waals surface area contributed by atoms with Crippen molar-refractivity contribution < 1.29 is 27.8 Å². The molecule has 1 unspecified atom stereocenters. The number of aromatic hydroxyl groups is 1. The molecule has 0 saturated heterocycles. The molecule has 0 radical (unpaired) electrons. The predicted octanol–water partition coefficient (Wildman–Crippen LogP) is 2.82. The first-order chi connectivity index (χ1) is 8.74. The maximum Gasteiger partial charge on any atom is 0.573 e. The van der Waals surface area contributed by atoms with Gasteiger partial charge in [0.2, 0.25) is 0 Å². The van der Waals surface area contributed by atoms with Crippen molar-refractivity contribution in [2.24, 2.45) is 0 Å². The van der Waals surface area contributed by atoms with Crippen molar-refractivity contribution in [1.29, 1.82) is 0 Å². The summed E-state index contributed by atoms with van der Waals surface area (Å²) in [7, 11) is 0. The number of hydrogen-bond acceptors (Lipinski definition) is 3. The average Bonchev–Trinajstić information content (AvgIpc) is 2.29. The van der Waals surface area contributed by atoms with Crippen LogP contribution in [0.15, 0.2) is 18.2 Å². The summed E-state index contributed by atoms with van der Waals surface area (Å²) < 4.78 is 40.4. The van der Waals surface area contributed by atoms with Crippen LogP contribution in [0.4, 0.5) is 13.2 Å². The fraction of sp³-hybridized carbons (Fsp3) is 0.417. The highest BCUT2D eigenvalue weighted by molar-refractivity contribution is 5.97. The number of benzene rings is 1. The minimum atomic E-state index is -4.98. The Morgan fingerprint density at radius 3 is 2.63 bits per heavy atom. The first-order valence-corrected chi connectivity index (χ1v) is 5.63. The molecule has 0 aliphatic carbocycles. The molecule has 0 spiro atoms. The van der Waals surface area contributed by atoms with Crippen LogP contribution in [-0.4, -0.2) is 23.4 Å². The van der Waals surface area contributed by atoms with Crippen LogP contribution in [0.25, 0.3) is 0 Å². The van der Waals surface area contributed by atoms with Crippen molar-refractivity contribution in [2.45, 2.75) is 32.7 Å². The summed E-state index contributed by atoms with van der Waals surface area (Å²) in [5.74, 6) is -2.37. The molecule has 0 aliphatic rings. The van der Waals surface area contributed by atoms with Crippen molar-refractivity contribution in [3.63, 3.8) is 0 Å². The molecule has 106 valence electrons. The third-order valence-electron chi connectivity index (χ3n) is 2.45. The Bertz CT molecular complexity index is 460. The zero-order chi connectivity index (χ0) is 14.6. The molecule has 0 aromatic heterocycles. The van der Waals surface area contributed by atoms with Gasteiger partial charge in [0.05, 0.1) is 5.56 Å². The number of nitrogens with one attached hydrogen (secondary N) is 1. The smallest absolute Gasteiger partial charge is 0.504 e. The summed E-state index contributed by atoms with van der Waals surface area (Å²) in [4.78, 5) is 11.8. The Labute approximate surface area is 108 Å². The number of hydrogen-bond donors (Lipinski definition) is 2. The van der Waals surface area contributed by atoms with E-state index in [0.29, 0.717) is 6.42 Å². The topological polar surface area (TPSA) is 58.6 Å². The van der Waals surface area contributed by atoms with Crippen LogP contribution < -0.4 is 10.1 Å². The highest BCUT2D eigenvalue weighted by Gasteiger charge is 2.34. The number of para-hydroxylation sites is 1. The van der Waals surface area contributed by atoms with Crippen molar-refractivity contribution in [3.05, 3.63) is 23.8 Å². The third-order valence-corrected chi connectivity index (χ3v) is 2.45. The number of phenolic OH excluding ortho intramolecular Hbond substituents is 1. The number of halogens is 3. The summed E-state index contributed by atoms with van der Waals surface area (Å²) in [5, 5.41) is 11.9. The molecule has 1 atom stereocenters. The molecule has 0 bridgehead atoms. The molecule has 19 heavy (non-hydrogen) atoms. The number of alkyl halides is 3. The van der Waals surface area contributed by atoms with Crippen LogP contribution in [0, 0.1) is 0 Å². The molecule has 7 heteroatoms. The van der Waals surface area contributed by atoms with Gasteiger partial charge in [-0.15, -0.1) is 13.2 Å². The van der Waals surface area contributed by atoms with E-state index < -0.39 is 23.8 Å². The van der Waals surface area contributed by atoms with E-state index in [9.17, 15) is 23.1 Å². The summed E-state index contributed by atoms with van der Waals surface area (Å²) in [5.41, 5.74) is -0.363. The van der Waals surface area contributed by atoms with Gasteiger partial charge in [-0.05, 0) is 25.5 Å². The van der Waals surface area contributed by atoms with Gasteiger partial charge in [-0.2, -0.15) is 0 Å². The van der Waals surface area contributed by atoms with Crippen molar-refractivity contribution in [3.8, 4) is 11.5 Å². The van der Waals surface area contributed by atoms with E-state index >= 15 is 0 Å². The van der Waals surface area contributed by atoms with Crippen LogP contribution in [0.2, 0.25) is 0 Å². The lowest BCUT2D eigenvalue weighted by Gasteiger charge is -2.16. The highest BCUT2D eigenvalue weighted by atomic mass is 19.4. The SMILES string of the molecule is CCC(C)NC(=O)c1cccc(O)c1OC(F)(F)F. The highest BCUT2D eigenvalue weighted by Crippen LogP contribution is 2.34. The molecular weight excluding hydrogens is 263 g/mol. The second kappa shape index (κ2) is 5.81. The first kappa shape index (κ1) is 15.1. The van der Waals surface area contributed by atoms with E-state index in [1.165, 1.54) is 6.07 Å². The molecule has 2 N–H and O–H groups in total. The van der Waals surface area contributed by atoms with Gasteiger partial charge in [0.15, 0.2) is 11.5 Å². The van der Waals surface area contributed by atoms with E-state index in [0.717, 1.165) is 12.1 Å². The van der Waals surface area contributed by atoms with E-state index in [4.69, 9.17) is 0 Å². The van der Waals surface area contributed by atoms with E-state index in [2.05, 4.69) is 10.1 Å². The molecule has 1 amide bonds. The third kappa shape index (κ3) is 4.35. The monoisotopic (exact) mass is 277 g/mol. The second-order valence-electron chi connectivity index (χ2n) is 3.98. The van der Waals surface area contributed by atoms with Gasteiger partial charge in [0, 0.05) is 6.04 Å². The average molecular weight is 277 g/mol. The minimum Gasteiger partial charge on any atom is -0.504 e. The van der Waals surface area contributed by atoms with Gasteiger partial charge < -0.3 is 15.2 Å². The van der Waals surface area contributed by atoms with E-state index in [1.54, 1.807) is 6.92 Å². The van der Waals surface area contributed by atoms with Crippen LogP contribution in [0.1, 0.15) is 30.6 Å². The molecule has 0 aliphatic heterocycles. The lowest BCUT2D eigenvalue weighted by atomic mass is 10.1. The maximum atomic E-state index is 12.2. The quantitative estimate of drug-likeness (QED) is 0.889. The van der Waals surface area contributed by atoms with Crippen molar-refractivity contribution in [1.82, 2.24) is 5.32 Å².